The molecular formula is C15H10BrF2NO2S. The summed E-state index contributed by atoms with van der Waals surface area (Å²) in [5.74, 6) is -1.70. The highest BCUT2D eigenvalue weighted by Gasteiger charge is 2.23. The zero-order valence-corrected chi connectivity index (χ0v) is 13.7. The maximum atomic E-state index is 14.1. The van der Waals surface area contributed by atoms with Gasteiger partial charge < -0.3 is 0 Å². The molecular weight excluding hydrogens is 376 g/mol. The summed E-state index contributed by atoms with van der Waals surface area (Å²) >= 11 is 3.14. The summed E-state index contributed by atoms with van der Waals surface area (Å²) in [7, 11) is -3.97. The molecule has 1 aromatic heterocycles. The van der Waals surface area contributed by atoms with Crippen molar-refractivity contribution >= 4 is 36.9 Å². The van der Waals surface area contributed by atoms with E-state index in [0.717, 1.165) is 15.6 Å². The Balaban J connectivity index is 2.32. The van der Waals surface area contributed by atoms with E-state index in [-0.39, 0.29) is 15.8 Å². The van der Waals surface area contributed by atoms with E-state index < -0.39 is 21.7 Å². The van der Waals surface area contributed by atoms with Crippen LogP contribution in [0.4, 0.5) is 8.78 Å². The molecule has 0 spiro atoms. The molecule has 3 aromatic rings. The van der Waals surface area contributed by atoms with Crippen LogP contribution in [0.25, 0.3) is 10.9 Å². The van der Waals surface area contributed by atoms with Crippen molar-refractivity contribution < 1.29 is 17.2 Å². The number of hydrogen-bond acceptors (Lipinski definition) is 2. The number of halogens is 3. The predicted octanol–water partition coefficient (Wildman–Crippen LogP) is 4.23. The fourth-order valence-electron chi connectivity index (χ4n) is 2.22. The lowest BCUT2D eigenvalue weighted by Crippen LogP contribution is -2.12. The number of hydrogen-bond donors (Lipinski definition) is 0. The van der Waals surface area contributed by atoms with E-state index in [9.17, 15) is 17.2 Å². The second kappa shape index (κ2) is 5.17. The monoisotopic (exact) mass is 385 g/mol. The summed E-state index contributed by atoms with van der Waals surface area (Å²) < 4.78 is 53.9. The number of benzene rings is 2. The van der Waals surface area contributed by atoms with Crippen LogP contribution in [-0.2, 0) is 10.0 Å². The molecule has 7 heteroatoms. The van der Waals surface area contributed by atoms with Crippen LogP contribution in [0.5, 0.6) is 0 Å². The van der Waals surface area contributed by atoms with E-state index in [1.54, 1.807) is 12.1 Å². The first-order chi connectivity index (χ1) is 10.3. The number of fused-ring (bicyclic) bond motifs is 1. The first-order valence-electron chi connectivity index (χ1n) is 6.28. The molecule has 22 heavy (non-hydrogen) atoms. The smallest absolute Gasteiger partial charge is 0.237 e. The number of nitrogens with zero attached hydrogens (tertiary/aromatic N) is 1. The highest BCUT2D eigenvalue weighted by atomic mass is 79.9. The van der Waals surface area contributed by atoms with Crippen LogP contribution in [-0.4, -0.2) is 12.4 Å². The van der Waals surface area contributed by atoms with E-state index in [1.807, 2.05) is 6.92 Å². The Kier molecular flexibility index (Phi) is 3.57. The Hall–Kier alpha value is -1.73. The van der Waals surface area contributed by atoms with Gasteiger partial charge in [-0.15, -0.1) is 0 Å². The summed E-state index contributed by atoms with van der Waals surface area (Å²) in [5.41, 5.74) is 0.722. The summed E-state index contributed by atoms with van der Waals surface area (Å²) in [4.78, 5) is 0.0335. The number of aryl methyl sites for hydroxylation is 1. The summed E-state index contributed by atoms with van der Waals surface area (Å²) in [6.45, 7) is 1.83. The molecule has 0 fully saturated rings. The molecule has 0 aliphatic carbocycles. The van der Waals surface area contributed by atoms with Gasteiger partial charge in [-0.1, -0.05) is 17.7 Å². The van der Waals surface area contributed by atoms with Crippen LogP contribution in [0.3, 0.4) is 0 Å². The Bertz CT molecular complexity index is 979. The average molecular weight is 386 g/mol. The molecule has 1 heterocycles. The third-order valence-electron chi connectivity index (χ3n) is 3.31. The van der Waals surface area contributed by atoms with Crippen molar-refractivity contribution in [2.24, 2.45) is 0 Å². The van der Waals surface area contributed by atoms with Crippen LogP contribution in [0, 0.1) is 18.6 Å². The molecule has 0 aliphatic rings. The molecule has 3 rings (SSSR count). The Morgan fingerprint density at radius 3 is 2.36 bits per heavy atom. The van der Waals surface area contributed by atoms with E-state index in [1.165, 1.54) is 18.3 Å². The molecule has 3 nitrogen and oxygen atoms in total. The highest BCUT2D eigenvalue weighted by Crippen LogP contribution is 2.32. The van der Waals surface area contributed by atoms with Crippen LogP contribution in [0.15, 0.2) is 52.0 Å². The molecule has 0 atom stereocenters. The maximum Gasteiger partial charge on any atom is 0.268 e. The molecule has 0 saturated carbocycles. The standard InChI is InChI=1S/C15H10BrF2NO2S/c1-9-2-4-11(5-3-9)22(20,21)19-8-13(16)12-6-10(17)7-14(18)15(12)19/h2-8H,1H3. The molecule has 0 aliphatic heterocycles. The molecule has 114 valence electrons. The molecule has 0 unspecified atom stereocenters. The lowest BCUT2D eigenvalue weighted by Gasteiger charge is -2.08. The second-order valence-electron chi connectivity index (χ2n) is 4.87. The van der Waals surface area contributed by atoms with Crippen molar-refractivity contribution in [1.29, 1.82) is 0 Å². The van der Waals surface area contributed by atoms with Gasteiger partial charge in [-0.25, -0.2) is 21.2 Å². The van der Waals surface area contributed by atoms with E-state index in [4.69, 9.17) is 0 Å². The second-order valence-corrected chi connectivity index (χ2v) is 7.54. The summed E-state index contributed by atoms with van der Waals surface area (Å²) in [6.07, 6.45) is 1.22. The zero-order chi connectivity index (χ0) is 16.1. The minimum Gasteiger partial charge on any atom is -0.237 e. The van der Waals surface area contributed by atoms with E-state index >= 15 is 0 Å². The number of aromatic nitrogens is 1. The van der Waals surface area contributed by atoms with Crippen LogP contribution >= 0.6 is 15.9 Å². The van der Waals surface area contributed by atoms with Crippen molar-refractivity contribution in [1.82, 2.24) is 3.97 Å². The fraction of sp³-hybridized carbons (Fsp3) is 0.0667. The topological polar surface area (TPSA) is 39.1 Å². The van der Waals surface area contributed by atoms with Gasteiger partial charge in [0.1, 0.15) is 11.3 Å². The minimum atomic E-state index is -3.97. The summed E-state index contributed by atoms with van der Waals surface area (Å²) in [5, 5.41) is 0.160. The Morgan fingerprint density at radius 1 is 1.09 bits per heavy atom. The van der Waals surface area contributed by atoms with Crippen LogP contribution in [0.2, 0.25) is 0 Å². The van der Waals surface area contributed by atoms with Crippen LogP contribution in [0.1, 0.15) is 5.56 Å². The molecule has 0 N–H and O–H groups in total. The molecule has 0 saturated heterocycles. The third kappa shape index (κ3) is 2.34. The first-order valence-corrected chi connectivity index (χ1v) is 8.52. The van der Waals surface area contributed by atoms with Crippen molar-refractivity contribution in [3.05, 3.63) is 64.3 Å². The van der Waals surface area contributed by atoms with Gasteiger partial charge in [0.25, 0.3) is 10.0 Å². The van der Waals surface area contributed by atoms with Gasteiger partial charge in [0.2, 0.25) is 0 Å². The Labute approximate surface area is 134 Å². The molecule has 0 bridgehead atoms. The molecule has 0 radical (unpaired) electrons. The van der Waals surface area contributed by atoms with E-state index in [2.05, 4.69) is 15.9 Å². The Morgan fingerprint density at radius 2 is 1.73 bits per heavy atom. The SMILES string of the molecule is Cc1ccc(S(=O)(=O)n2cc(Br)c3cc(F)cc(F)c32)cc1. The van der Waals surface area contributed by atoms with Gasteiger partial charge in [0.15, 0.2) is 5.82 Å². The predicted molar refractivity (Wildman–Crippen MR) is 83.3 cm³/mol. The molecule has 0 amide bonds. The maximum absolute atomic E-state index is 14.1. The fourth-order valence-corrected chi connectivity index (χ4v) is 4.24. The largest absolute Gasteiger partial charge is 0.268 e. The summed E-state index contributed by atoms with van der Waals surface area (Å²) in [6, 6.07) is 7.96. The average Bonchev–Trinajstić information content (AvgIpc) is 2.78. The zero-order valence-electron chi connectivity index (χ0n) is 11.3. The van der Waals surface area contributed by atoms with Crippen molar-refractivity contribution in [3.63, 3.8) is 0 Å². The van der Waals surface area contributed by atoms with Gasteiger partial charge in [0, 0.05) is 22.1 Å². The van der Waals surface area contributed by atoms with Gasteiger partial charge in [-0.05, 0) is 41.1 Å². The van der Waals surface area contributed by atoms with E-state index in [0.29, 0.717) is 10.5 Å². The van der Waals surface area contributed by atoms with Gasteiger partial charge in [0.05, 0.1) is 4.90 Å². The lowest BCUT2D eigenvalue weighted by atomic mass is 10.2. The van der Waals surface area contributed by atoms with Crippen molar-refractivity contribution in [2.75, 3.05) is 0 Å². The molecule has 2 aromatic carbocycles. The highest BCUT2D eigenvalue weighted by molar-refractivity contribution is 9.10. The first kappa shape index (κ1) is 15.2. The van der Waals surface area contributed by atoms with Crippen LogP contribution < -0.4 is 0 Å². The lowest BCUT2D eigenvalue weighted by molar-refractivity contribution is 0.579. The number of rotatable bonds is 2. The van der Waals surface area contributed by atoms with Gasteiger partial charge in [-0.2, -0.15) is 0 Å². The van der Waals surface area contributed by atoms with Crippen molar-refractivity contribution in [3.8, 4) is 0 Å². The normalized spacial score (nSPS) is 12.0. The minimum absolute atomic E-state index is 0.0335. The van der Waals surface area contributed by atoms with Gasteiger partial charge in [-0.3, -0.25) is 0 Å². The van der Waals surface area contributed by atoms with Gasteiger partial charge >= 0.3 is 0 Å². The quantitative estimate of drug-likeness (QED) is 0.662. The van der Waals surface area contributed by atoms with Crippen molar-refractivity contribution in [2.45, 2.75) is 11.8 Å². The third-order valence-corrected chi connectivity index (χ3v) is 5.62.